The molecule has 9 heteroatoms. The molecule has 0 aliphatic carbocycles. The van der Waals surface area contributed by atoms with Crippen LogP contribution in [-0.4, -0.2) is 56.8 Å². The monoisotopic (exact) mass is 377 g/mol. The van der Waals surface area contributed by atoms with E-state index in [1.807, 2.05) is 0 Å². The van der Waals surface area contributed by atoms with Gasteiger partial charge in [-0.15, -0.1) is 0 Å². The highest BCUT2D eigenvalue weighted by Gasteiger charge is 2.20. The predicted octanol–water partition coefficient (Wildman–Crippen LogP) is -0.563. The van der Waals surface area contributed by atoms with E-state index in [0.717, 1.165) is 0 Å². The number of amides is 3. The smallest absolute Gasteiger partial charge is 0.245 e. The molecule has 27 heavy (non-hydrogen) atoms. The highest BCUT2D eigenvalue weighted by atomic mass is 16.5. The van der Waals surface area contributed by atoms with Crippen LogP contribution in [0.5, 0.6) is 5.75 Å². The van der Waals surface area contributed by atoms with Crippen LogP contribution >= 0.6 is 0 Å². The molecule has 0 radical (unpaired) electrons. The van der Waals surface area contributed by atoms with Gasteiger partial charge in [0.05, 0.1) is 19.6 Å². The first-order valence-electron chi connectivity index (χ1n) is 8.14. The zero-order valence-corrected chi connectivity index (χ0v) is 15.2. The molecule has 1 rings (SSSR count). The Morgan fingerprint density at radius 2 is 1.85 bits per heavy atom. The summed E-state index contributed by atoms with van der Waals surface area (Å²) in [4.78, 5) is 34.8. The van der Waals surface area contributed by atoms with Gasteiger partial charge in [0, 0.05) is 19.7 Å². The molecule has 0 aliphatic heterocycles. The molecule has 0 spiro atoms. The maximum Gasteiger partial charge on any atom is 0.245 e. The second-order valence-electron chi connectivity index (χ2n) is 5.32. The average Bonchev–Trinajstić information content (AvgIpc) is 2.69. The fourth-order valence-electron chi connectivity index (χ4n) is 1.87. The summed E-state index contributed by atoms with van der Waals surface area (Å²) >= 11 is 0. The Hall–Kier alpha value is -3.09. The topological polar surface area (TPSA) is 126 Å². The van der Waals surface area contributed by atoms with Gasteiger partial charge in [-0.25, -0.2) is 5.48 Å². The number of rotatable bonds is 9. The van der Waals surface area contributed by atoms with Crippen LogP contribution in [0.3, 0.4) is 0 Å². The van der Waals surface area contributed by atoms with Crippen LogP contribution in [0.15, 0.2) is 24.3 Å². The van der Waals surface area contributed by atoms with Gasteiger partial charge in [0.25, 0.3) is 0 Å². The molecule has 1 aromatic carbocycles. The Balaban J connectivity index is 2.78. The van der Waals surface area contributed by atoms with Crippen molar-refractivity contribution in [3.63, 3.8) is 0 Å². The molecule has 146 valence electrons. The summed E-state index contributed by atoms with van der Waals surface area (Å²) in [6.45, 7) is 0.661. The van der Waals surface area contributed by atoms with E-state index < -0.39 is 17.7 Å². The van der Waals surface area contributed by atoms with Crippen molar-refractivity contribution in [3.8, 4) is 17.6 Å². The number of methoxy groups -OCH3 is 1. The third-order valence-electron chi connectivity index (χ3n) is 3.33. The van der Waals surface area contributed by atoms with Gasteiger partial charge in [-0.05, 0) is 24.3 Å². The van der Waals surface area contributed by atoms with Crippen molar-refractivity contribution >= 4 is 17.7 Å². The molecule has 4 N–H and O–H groups in total. The molecule has 1 unspecified atom stereocenters. The fraction of sp³-hybridized carbons (Fsp3) is 0.389. The molecule has 9 nitrogen and oxygen atoms in total. The number of hydrogen-bond acceptors (Lipinski definition) is 6. The minimum atomic E-state index is -1.03. The van der Waals surface area contributed by atoms with Gasteiger partial charge in [0.2, 0.25) is 17.7 Å². The van der Waals surface area contributed by atoms with Crippen LogP contribution in [-0.2, 0) is 19.1 Å². The number of hydrogen-bond donors (Lipinski definition) is 4. The van der Waals surface area contributed by atoms with Crippen LogP contribution in [0.1, 0.15) is 12.0 Å². The van der Waals surface area contributed by atoms with Crippen molar-refractivity contribution < 1.29 is 29.1 Å². The minimum Gasteiger partial charge on any atom is -0.491 e. The summed E-state index contributed by atoms with van der Waals surface area (Å²) in [5, 5.41) is 13.4. The SMILES string of the molecule is CNC(=O)CNC(=O)C(C#Cc1ccc(OCCOC)cc1)CC(=O)NO. The summed E-state index contributed by atoms with van der Waals surface area (Å²) in [6, 6.07) is 6.86. The van der Waals surface area contributed by atoms with Crippen LogP contribution in [0.4, 0.5) is 0 Å². The van der Waals surface area contributed by atoms with Gasteiger partial charge in [0.15, 0.2) is 0 Å². The molecule has 0 aromatic heterocycles. The molecular formula is C18H23N3O6. The number of hydroxylamine groups is 1. The summed E-state index contributed by atoms with van der Waals surface area (Å²) in [5.41, 5.74) is 2.08. The van der Waals surface area contributed by atoms with E-state index in [0.29, 0.717) is 24.5 Å². The van der Waals surface area contributed by atoms with Crippen molar-refractivity contribution in [2.45, 2.75) is 6.42 Å². The van der Waals surface area contributed by atoms with E-state index in [1.54, 1.807) is 31.4 Å². The molecular weight excluding hydrogens is 354 g/mol. The number of carbonyl (C=O) groups excluding carboxylic acids is 3. The second-order valence-corrected chi connectivity index (χ2v) is 5.32. The molecule has 0 fully saturated rings. The van der Waals surface area contributed by atoms with Gasteiger partial charge in [-0.1, -0.05) is 11.8 Å². The van der Waals surface area contributed by atoms with E-state index in [-0.39, 0.29) is 18.9 Å². The quantitative estimate of drug-likeness (QED) is 0.198. The lowest BCUT2D eigenvalue weighted by molar-refractivity contribution is -0.133. The van der Waals surface area contributed by atoms with E-state index in [1.165, 1.54) is 12.5 Å². The minimum absolute atomic E-state index is 0.234. The molecule has 0 heterocycles. The van der Waals surface area contributed by atoms with Crippen molar-refractivity contribution in [1.29, 1.82) is 0 Å². The molecule has 0 aliphatic rings. The van der Waals surface area contributed by atoms with Gasteiger partial charge in [-0.2, -0.15) is 0 Å². The maximum absolute atomic E-state index is 12.2. The van der Waals surface area contributed by atoms with Gasteiger partial charge in [0.1, 0.15) is 18.3 Å². The highest BCUT2D eigenvalue weighted by Crippen LogP contribution is 2.12. The first kappa shape index (κ1) is 22.0. The largest absolute Gasteiger partial charge is 0.491 e. The van der Waals surface area contributed by atoms with E-state index >= 15 is 0 Å². The first-order valence-corrected chi connectivity index (χ1v) is 8.14. The third-order valence-corrected chi connectivity index (χ3v) is 3.33. The summed E-state index contributed by atoms with van der Waals surface area (Å²) in [7, 11) is 3.02. The maximum atomic E-state index is 12.2. The second kappa shape index (κ2) is 12.3. The van der Waals surface area contributed by atoms with E-state index in [9.17, 15) is 14.4 Å². The zero-order chi connectivity index (χ0) is 20.1. The van der Waals surface area contributed by atoms with Crippen molar-refractivity contribution in [2.75, 3.05) is 33.9 Å². The number of nitrogens with one attached hydrogen (secondary N) is 3. The average molecular weight is 377 g/mol. The number of benzene rings is 1. The molecule has 1 aromatic rings. The van der Waals surface area contributed by atoms with Crippen LogP contribution in [0.25, 0.3) is 0 Å². The van der Waals surface area contributed by atoms with Gasteiger partial charge < -0.3 is 20.1 Å². The molecule has 1 atom stereocenters. The van der Waals surface area contributed by atoms with Gasteiger partial charge >= 0.3 is 0 Å². The number of likely N-dealkylation sites (N-methyl/N-ethyl adjacent to an activating group) is 1. The van der Waals surface area contributed by atoms with Crippen LogP contribution in [0, 0.1) is 17.8 Å². The first-order chi connectivity index (χ1) is 13.0. The van der Waals surface area contributed by atoms with Gasteiger partial charge in [-0.3, -0.25) is 19.6 Å². The lowest BCUT2D eigenvalue weighted by Crippen LogP contribution is -2.39. The molecule has 3 amide bonds. The summed E-state index contributed by atoms with van der Waals surface area (Å²) < 4.78 is 10.3. The van der Waals surface area contributed by atoms with Crippen LogP contribution < -0.4 is 20.9 Å². The standard InChI is InChI=1S/C18H23N3O6/c1-19-17(23)12-20-18(24)14(11-16(22)21-25)6-3-13-4-7-15(8-5-13)27-10-9-26-2/h4-5,7-8,14,25H,9-12H2,1-2H3,(H,19,23)(H,20,24)(H,21,22). The normalized spacial score (nSPS) is 10.8. The lowest BCUT2D eigenvalue weighted by atomic mass is 10.0. The molecule has 0 saturated heterocycles. The van der Waals surface area contributed by atoms with Crippen molar-refractivity contribution in [3.05, 3.63) is 29.8 Å². The number of ether oxygens (including phenoxy) is 2. The zero-order valence-electron chi connectivity index (χ0n) is 15.2. The summed E-state index contributed by atoms with van der Waals surface area (Å²) in [5.74, 6) is 3.38. The van der Waals surface area contributed by atoms with Crippen molar-refractivity contribution in [1.82, 2.24) is 16.1 Å². The Bertz CT molecular complexity index is 693. The van der Waals surface area contributed by atoms with E-state index in [4.69, 9.17) is 14.7 Å². The molecule has 0 bridgehead atoms. The fourth-order valence-corrected chi connectivity index (χ4v) is 1.87. The highest BCUT2D eigenvalue weighted by molar-refractivity contribution is 5.90. The van der Waals surface area contributed by atoms with Crippen molar-refractivity contribution in [2.24, 2.45) is 5.92 Å². The number of carbonyl (C=O) groups is 3. The molecule has 0 saturated carbocycles. The predicted molar refractivity (Wildman–Crippen MR) is 95.8 cm³/mol. The Morgan fingerprint density at radius 3 is 2.44 bits per heavy atom. The Kier molecular flexibility index (Phi) is 10.00. The Labute approximate surface area is 157 Å². The Morgan fingerprint density at radius 1 is 1.15 bits per heavy atom. The van der Waals surface area contributed by atoms with E-state index in [2.05, 4.69) is 22.5 Å². The summed E-state index contributed by atoms with van der Waals surface area (Å²) in [6.07, 6.45) is -0.346. The lowest BCUT2D eigenvalue weighted by Gasteiger charge is -2.10. The third kappa shape index (κ3) is 8.71. The van der Waals surface area contributed by atoms with Crippen LogP contribution in [0.2, 0.25) is 0 Å².